The number of aromatic nitrogens is 4. The lowest BCUT2D eigenvalue weighted by Crippen LogP contribution is -2.14. The van der Waals surface area contributed by atoms with Gasteiger partial charge in [0.05, 0.1) is 23.6 Å². The van der Waals surface area contributed by atoms with E-state index < -0.39 is 5.97 Å². The Balaban J connectivity index is 1.60. The smallest absolute Gasteiger partial charge is 0.335 e. The van der Waals surface area contributed by atoms with E-state index in [0.717, 1.165) is 11.4 Å². The molecular weight excluding hydrogens is 382 g/mol. The predicted molar refractivity (Wildman–Crippen MR) is 103 cm³/mol. The normalized spacial score (nSPS) is 10.5. The third-order valence-corrected chi connectivity index (χ3v) is 4.50. The quantitative estimate of drug-likeness (QED) is 0.555. The highest BCUT2D eigenvalue weighted by Crippen LogP contribution is 2.21. The molecule has 9 nitrogen and oxygen atoms in total. The molecule has 0 unspecified atom stereocenters. The predicted octanol–water partition coefficient (Wildman–Crippen LogP) is 2.49. The van der Waals surface area contributed by atoms with Crippen molar-refractivity contribution in [3.05, 3.63) is 54.1 Å². The first-order valence-corrected chi connectivity index (χ1v) is 9.33. The zero-order valence-corrected chi connectivity index (χ0v) is 15.7. The third-order valence-electron chi connectivity index (χ3n) is 3.58. The molecule has 28 heavy (non-hydrogen) atoms. The van der Waals surface area contributed by atoms with Crippen LogP contribution in [0.5, 0.6) is 5.75 Å². The number of carbonyl (C=O) groups excluding carboxylic acids is 1. The number of tetrazole rings is 1. The van der Waals surface area contributed by atoms with Gasteiger partial charge in [-0.1, -0.05) is 11.8 Å². The van der Waals surface area contributed by atoms with Gasteiger partial charge in [-0.05, 0) is 65.9 Å². The van der Waals surface area contributed by atoms with Crippen LogP contribution in [-0.2, 0) is 4.79 Å². The summed E-state index contributed by atoms with van der Waals surface area (Å²) in [4.78, 5) is 23.0. The Morgan fingerprint density at radius 3 is 2.50 bits per heavy atom. The van der Waals surface area contributed by atoms with Crippen LogP contribution >= 0.6 is 11.8 Å². The van der Waals surface area contributed by atoms with Crippen molar-refractivity contribution in [1.82, 2.24) is 20.2 Å². The average Bonchev–Trinajstić information content (AvgIpc) is 3.16. The van der Waals surface area contributed by atoms with Crippen LogP contribution in [0, 0.1) is 0 Å². The number of nitrogens with zero attached hydrogens (tertiary/aromatic N) is 4. The minimum Gasteiger partial charge on any atom is -0.494 e. The molecule has 10 heteroatoms. The summed E-state index contributed by atoms with van der Waals surface area (Å²) in [5.41, 5.74) is 1.42. The standard InChI is InChI=1S/C18H17N5O4S/c1-2-27-15-9-7-14(8-10-15)23-18(20-21-22-23)28-11-16(24)19-13-5-3-12(4-6-13)17(25)26/h3-10H,2,11H2,1H3,(H,19,24)(H,25,26). The van der Waals surface area contributed by atoms with Crippen molar-refractivity contribution in [2.45, 2.75) is 12.1 Å². The number of ether oxygens (including phenoxy) is 1. The number of amides is 1. The first-order valence-electron chi connectivity index (χ1n) is 8.34. The Labute approximate surface area is 164 Å². The molecule has 1 heterocycles. The van der Waals surface area contributed by atoms with Gasteiger partial charge in [-0.25, -0.2) is 4.79 Å². The number of thioether (sulfide) groups is 1. The lowest BCUT2D eigenvalue weighted by atomic mass is 10.2. The fourth-order valence-electron chi connectivity index (χ4n) is 2.30. The van der Waals surface area contributed by atoms with Crippen LogP contribution in [-0.4, -0.2) is 49.6 Å². The zero-order valence-electron chi connectivity index (χ0n) is 14.9. The van der Waals surface area contributed by atoms with Crippen molar-refractivity contribution < 1.29 is 19.4 Å². The van der Waals surface area contributed by atoms with Crippen LogP contribution in [0.4, 0.5) is 5.69 Å². The molecule has 2 aromatic carbocycles. The topological polar surface area (TPSA) is 119 Å². The second-order valence-corrected chi connectivity index (χ2v) is 6.46. The first-order chi connectivity index (χ1) is 13.6. The molecule has 1 amide bonds. The largest absolute Gasteiger partial charge is 0.494 e. The maximum Gasteiger partial charge on any atom is 0.335 e. The van der Waals surface area contributed by atoms with E-state index in [9.17, 15) is 9.59 Å². The summed E-state index contributed by atoms with van der Waals surface area (Å²) in [5, 5.41) is 23.6. The van der Waals surface area contributed by atoms with Gasteiger partial charge in [0.1, 0.15) is 5.75 Å². The molecule has 2 N–H and O–H groups in total. The molecule has 1 aromatic heterocycles. The van der Waals surface area contributed by atoms with Crippen molar-refractivity contribution in [3.63, 3.8) is 0 Å². The maximum absolute atomic E-state index is 12.1. The number of aromatic carboxylic acids is 1. The molecule has 0 aliphatic carbocycles. The number of benzene rings is 2. The van der Waals surface area contributed by atoms with Gasteiger partial charge < -0.3 is 15.2 Å². The summed E-state index contributed by atoms with van der Waals surface area (Å²) in [5.74, 6) is -0.427. The Morgan fingerprint density at radius 1 is 1.14 bits per heavy atom. The number of carboxylic acids is 1. The second-order valence-electron chi connectivity index (χ2n) is 5.52. The van der Waals surface area contributed by atoms with E-state index in [1.807, 2.05) is 31.2 Å². The van der Waals surface area contributed by atoms with Gasteiger partial charge in [0.2, 0.25) is 11.1 Å². The molecule has 0 saturated carbocycles. The second kappa shape index (κ2) is 9.00. The molecule has 3 rings (SSSR count). The van der Waals surface area contributed by atoms with Crippen molar-refractivity contribution >= 4 is 29.3 Å². The van der Waals surface area contributed by atoms with Crippen molar-refractivity contribution in [1.29, 1.82) is 0 Å². The molecule has 3 aromatic rings. The monoisotopic (exact) mass is 399 g/mol. The van der Waals surface area contributed by atoms with E-state index in [2.05, 4.69) is 20.8 Å². The van der Waals surface area contributed by atoms with Crippen molar-refractivity contribution in [3.8, 4) is 11.4 Å². The summed E-state index contributed by atoms with van der Waals surface area (Å²) in [6, 6.07) is 13.2. The highest BCUT2D eigenvalue weighted by Gasteiger charge is 2.12. The van der Waals surface area contributed by atoms with Crippen LogP contribution < -0.4 is 10.1 Å². The Kier molecular flexibility index (Phi) is 6.22. The molecule has 0 spiro atoms. The van der Waals surface area contributed by atoms with Crippen LogP contribution in [0.25, 0.3) is 5.69 Å². The highest BCUT2D eigenvalue weighted by molar-refractivity contribution is 7.99. The first kappa shape index (κ1) is 19.4. The average molecular weight is 399 g/mol. The number of rotatable bonds is 8. The van der Waals surface area contributed by atoms with Crippen LogP contribution in [0.2, 0.25) is 0 Å². The lowest BCUT2D eigenvalue weighted by molar-refractivity contribution is -0.113. The molecule has 144 valence electrons. The fourth-order valence-corrected chi connectivity index (χ4v) is 3.00. The van der Waals surface area contributed by atoms with Gasteiger partial charge in [0, 0.05) is 5.69 Å². The highest BCUT2D eigenvalue weighted by atomic mass is 32.2. The maximum atomic E-state index is 12.1. The zero-order chi connectivity index (χ0) is 19.9. The lowest BCUT2D eigenvalue weighted by Gasteiger charge is -2.07. The molecule has 0 fully saturated rings. The van der Waals surface area contributed by atoms with Gasteiger partial charge in [-0.2, -0.15) is 4.68 Å². The Morgan fingerprint density at radius 2 is 1.86 bits per heavy atom. The van der Waals surface area contributed by atoms with Gasteiger partial charge >= 0.3 is 5.97 Å². The fraction of sp³-hybridized carbons (Fsp3) is 0.167. The van der Waals surface area contributed by atoms with Crippen molar-refractivity contribution in [2.75, 3.05) is 17.7 Å². The Bertz CT molecular complexity index is 957. The summed E-state index contributed by atoms with van der Waals surface area (Å²) in [7, 11) is 0. The molecule has 0 atom stereocenters. The van der Waals surface area contributed by atoms with E-state index in [0.29, 0.717) is 17.5 Å². The van der Waals surface area contributed by atoms with Gasteiger partial charge in [-0.15, -0.1) is 5.10 Å². The molecule has 0 saturated heterocycles. The van der Waals surface area contributed by atoms with E-state index in [-0.39, 0.29) is 17.2 Å². The molecule has 0 radical (unpaired) electrons. The molecular formula is C18H17N5O4S. The van der Waals surface area contributed by atoms with Crippen LogP contribution in [0.3, 0.4) is 0 Å². The molecule has 0 bridgehead atoms. The number of nitrogens with one attached hydrogen (secondary N) is 1. The van der Waals surface area contributed by atoms with E-state index in [1.54, 1.807) is 0 Å². The minimum absolute atomic E-state index is 0.0953. The van der Waals surface area contributed by atoms with Crippen LogP contribution in [0.1, 0.15) is 17.3 Å². The summed E-state index contributed by atoms with van der Waals surface area (Å²) >= 11 is 1.19. The van der Waals surface area contributed by atoms with Crippen molar-refractivity contribution in [2.24, 2.45) is 0 Å². The van der Waals surface area contributed by atoms with E-state index in [4.69, 9.17) is 9.84 Å². The number of hydrogen-bond donors (Lipinski definition) is 2. The van der Waals surface area contributed by atoms with Gasteiger partial charge in [-0.3, -0.25) is 4.79 Å². The number of carbonyl (C=O) groups is 2. The van der Waals surface area contributed by atoms with Crippen LogP contribution in [0.15, 0.2) is 53.7 Å². The molecule has 0 aliphatic heterocycles. The number of hydrogen-bond acceptors (Lipinski definition) is 7. The van der Waals surface area contributed by atoms with Gasteiger partial charge in [0.15, 0.2) is 0 Å². The molecule has 0 aliphatic rings. The van der Waals surface area contributed by atoms with Gasteiger partial charge in [0.25, 0.3) is 0 Å². The Hall–Kier alpha value is -3.40. The number of anilines is 1. The third kappa shape index (κ3) is 4.86. The SMILES string of the molecule is CCOc1ccc(-n2nnnc2SCC(=O)Nc2ccc(C(=O)O)cc2)cc1. The summed E-state index contributed by atoms with van der Waals surface area (Å²) in [6.07, 6.45) is 0. The van der Waals surface area contributed by atoms with E-state index in [1.165, 1.54) is 40.7 Å². The summed E-state index contributed by atoms with van der Waals surface area (Å²) < 4.78 is 6.95. The van der Waals surface area contributed by atoms with E-state index >= 15 is 0 Å². The minimum atomic E-state index is -1.02. The summed E-state index contributed by atoms with van der Waals surface area (Å²) in [6.45, 7) is 2.50. The number of carboxylic acid groups (broad SMARTS) is 1.